The molecule has 4 nitrogen and oxygen atoms in total. The highest BCUT2D eigenvalue weighted by molar-refractivity contribution is 7.99. The third-order valence-electron chi connectivity index (χ3n) is 2.22. The molecule has 0 aromatic carbocycles. The predicted octanol–water partition coefficient (Wildman–Crippen LogP) is 3.11. The number of hydrogen-bond donors (Lipinski definition) is 1. The van der Waals surface area contributed by atoms with Gasteiger partial charge in [0.15, 0.2) is 0 Å². The maximum Gasteiger partial charge on any atom is 0.261 e. The Bertz CT molecular complexity index is 474. The first-order valence-electron chi connectivity index (χ1n) is 5.80. The average molecular weight is 263 g/mol. The Labute approximate surface area is 111 Å². The smallest absolute Gasteiger partial charge is 0.261 e. The van der Waals surface area contributed by atoms with Crippen molar-refractivity contribution in [3.63, 3.8) is 0 Å². The van der Waals surface area contributed by atoms with Gasteiger partial charge >= 0.3 is 0 Å². The number of hydrogen-bond acceptors (Lipinski definition) is 5. The highest BCUT2D eigenvalue weighted by Gasteiger charge is 2.08. The second-order valence-electron chi connectivity index (χ2n) is 5.01. The van der Waals surface area contributed by atoms with Gasteiger partial charge in [0, 0.05) is 18.3 Å². The van der Waals surface area contributed by atoms with Crippen LogP contribution in [-0.4, -0.2) is 15.5 Å². The molecular formula is C13H17N3OS. The minimum atomic E-state index is 0.117. The Morgan fingerprint density at radius 1 is 1.28 bits per heavy atom. The van der Waals surface area contributed by atoms with Crippen molar-refractivity contribution in [2.45, 2.75) is 43.1 Å². The van der Waals surface area contributed by atoms with Crippen molar-refractivity contribution in [1.29, 1.82) is 0 Å². The van der Waals surface area contributed by atoms with Gasteiger partial charge in [-0.25, -0.2) is 9.97 Å². The van der Waals surface area contributed by atoms with Gasteiger partial charge in [0.2, 0.25) is 0 Å². The molecule has 0 radical (unpaired) electrons. The van der Waals surface area contributed by atoms with Gasteiger partial charge < -0.3 is 9.73 Å². The van der Waals surface area contributed by atoms with E-state index in [0.717, 1.165) is 11.6 Å². The van der Waals surface area contributed by atoms with E-state index < -0.39 is 0 Å². The summed E-state index contributed by atoms with van der Waals surface area (Å²) in [6.45, 7) is 7.26. The Morgan fingerprint density at radius 2 is 2.11 bits per heavy atom. The van der Waals surface area contributed by atoms with Crippen LogP contribution in [0.4, 0.5) is 0 Å². The quantitative estimate of drug-likeness (QED) is 0.918. The molecule has 2 heterocycles. The van der Waals surface area contributed by atoms with Crippen LogP contribution in [-0.2, 0) is 6.54 Å². The average Bonchev–Trinajstić information content (AvgIpc) is 2.80. The second-order valence-corrected chi connectivity index (χ2v) is 5.98. The molecule has 1 N–H and O–H groups in total. The Morgan fingerprint density at radius 3 is 2.67 bits per heavy atom. The van der Waals surface area contributed by atoms with E-state index in [1.165, 1.54) is 17.3 Å². The van der Waals surface area contributed by atoms with Crippen molar-refractivity contribution in [3.8, 4) is 0 Å². The van der Waals surface area contributed by atoms with Crippen molar-refractivity contribution >= 4 is 11.8 Å². The van der Waals surface area contributed by atoms with Crippen LogP contribution in [0.3, 0.4) is 0 Å². The van der Waals surface area contributed by atoms with Crippen molar-refractivity contribution in [2.24, 2.45) is 0 Å². The SMILES string of the molecule is CC(C)(C)NCc1ccc(Sc2ncco2)nc1. The number of pyridine rings is 1. The van der Waals surface area contributed by atoms with Gasteiger partial charge in [-0.2, -0.15) is 0 Å². The minimum absolute atomic E-state index is 0.117. The van der Waals surface area contributed by atoms with E-state index in [-0.39, 0.29) is 5.54 Å². The summed E-state index contributed by atoms with van der Waals surface area (Å²) < 4.78 is 5.16. The van der Waals surface area contributed by atoms with Gasteiger partial charge in [0.25, 0.3) is 5.22 Å². The maximum atomic E-state index is 5.16. The molecule has 18 heavy (non-hydrogen) atoms. The number of nitrogens with zero attached hydrogens (tertiary/aromatic N) is 2. The molecule has 2 aromatic rings. The standard InChI is InChI=1S/C13H17N3OS/c1-13(2,3)16-9-10-4-5-11(15-8-10)18-12-14-6-7-17-12/h4-8,16H,9H2,1-3H3. The monoisotopic (exact) mass is 263 g/mol. The first-order valence-corrected chi connectivity index (χ1v) is 6.62. The molecule has 0 aliphatic carbocycles. The lowest BCUT2D eigenvalue weighted by Gasteiger charge is -2.20. The normalized spacial score (nSPS) is 11.7. The van der Waals surface area contributed by atoms with Gasteiger partial charge in [-0.05, 0) is 44.2 Å². The summed E-state index contributed by atoms with van der Waals surface area (Å²) in [7, 11) is 0. The fraction of sp³-hybridized carbons (Fsp3) is 0.385. The lowest BCUT2D eigenvalue weighted by molar-refractivity contribution is 0.424. The molecule has 0 aliphatic heterocycles. The van der Waals surface area contributed by atoms with Crippen molar-refractivity contribution in [1.82, 2.24) is 15.3 Å². The lowest BCUT2D eigenvalue weighted by Crippen LogP contribution is -2.35. The van der Waals surface area contributed by atoms with Gasteiger partial charge in [0.1, 0.15) is 11.3 Å². The molecule has 96 valence electrons. The van der Waals surface area contributed by atoms with Gasteiger partial charge in [0.05, 0.1) is 6.20 Å². The zero-order valence-electron chi connectivity index (χ0n) is 10.8. The van der Waals surface area contributed by atoms with Crippen LogP contribution >= 0.6 is 11.8 Å². The first kappa shape index (κ1) is 13.1. The fourth-order valence-electron chi connectivity index (χ4n) is 1.29. The molecule has 2 rings (SSSR count). The third-order valence-corrected chi connectivity index (χ3v) is 3.05. The number of aromatic nitrogens is 2. The Balaban J connectivity index is 1.93. The highest BCUT2D eigenvalue weighted by Crippen LogP contribution is 2.23. The summed E-state index contributed by atoms with van der Waals surface area (Å²) in [5, 5.41) is 4.93. The van der Waals surface area contributed by atoms with E-state index in [1.54, 1.807) is 12.5 Å². The molecule has 0 aliphatic rings. The van der Waals surface area contributed by atoms with E-state index in [9.17, 15) is 0 Å². The third kappa shape index (κ3) is 4.16. The molecule has 0 saturated heterocycles. The zero-order valence-corrected chi connectivity index (χ0v) is 11.6. The predicted molar refractivity (Wildman–Crippen MR) is 71.5 cm³/mol. The Kier molecular flexibility index (Phi) is 4.04. The number of oxazole rings is 1. The van der Waals surface area contributed by atoms with Gasteiger partial charge in [-0.15, -0.1) is 0 Å². The summed E-state index contributed by atoms with van der Waals surface area (Å²) in [6.07, 6.45) is 5.07. The topological polar surface area (TPSA) is 51.0 Å². The fourth-order valence-corrected chi connectivity index (χ4v) is 1.93. The molecule has 0 amide bonds. The second kappa shape index (κ2) is 5.54. The highest BCUT2D eigenvalue weighted by atomic mass is 32.2. The largest absolute Gasteiger partial charge is 0.440 e. The summed E-state index contributed by atoms with van der Waals surface area (Å²) >= 11 is 1.42. The van der Waals surface area contributed by atoms with Crippen LogP contribution in [0.15, 0.2) is 45.5 Å². The molecule has 0 saturated carbocycles. The molecule has 0 atom stereocenters. The van der Waals surface area contributed by atoms with Crippen LogP contribution in [0.2, 0.25) is 0 Å². The van der Waals surface area contributed by atoms with E-state index >= 15 is 0 Å². The van der Waals surface area contributed by atoms with Crippen molar-refractivity contribution < 1.29 is 4.42 Å². The van der Waals surface area contributed by atoms with Crippen molar-refractivity contribution in [2.75, 3.05) is 0 Å². The van der Waals surface area contributed by atoms with E-state index in [4.69, 9.17) is 4.42 Å². The van der Waals surface area contributed by atoms with E-state index in [0.29, 0.717) is 5.22 Å². The zero-order chi connectivity index (χ0) is 13.0. The molecule has 5 heteroatoms. The van der Waals surface area contributed by atoms with E-state index in [1.807, 2.05) is 12.3 Å². The van der Waals surface area contributed by atoms with Crippen LogP contribution in [0.25, 0.3) is 0 Å². The molecule has 0 fully saturated rings. The van der Waals surface area contributed by atoms with E-state index in [2.05, 4.69) is 42.1 Å². The summed E-state index contributed by atoms with van der Waals surface area (Å²) in [5.74, 6) is 0. The lowest BCUT2D eigenvalue weighted by atomic mass is 10.1. The van der Waals surface area contributed by atoms with Crippen LogP contribution in [0.1, 0.15) is 26.3 Å². The van der Waals surface area contributed by atoms with Gasteiger partial charge in [-0.1, -0.05) is 6.07 Å². The van der Waals surface area contributed by atoms with Crippen LogP contribution < -0.4 is 5.32 Å². The minimum Gasteiger partial charge on any atom is -0.440 e. The summed E-state index contributed by atoms with van der Waals surface area (Å²) in [5.41, 5.74) is 1.28. The van der Waals surface area contributed by atoms with Crippen LogP contribution in [0, 0.1) is 0 Å². The molecule has 2 aromatic heterocycles. The summed E-state index contributed by atoms with van der Waals surface area (Å²) in [4.78, 5) is 8.42. The number of nitrogens with one attached hydrogen (secondary N) is 1. The first-order chi connectivity index (χ1) is 8.53. The van der Waals surface area contributed by atoms with Crippen LogP contribution in [0.5, 0.6) is 0 Å². The molecule has 0 bridgehead atoms. The molecule has 0 spiro atoms. The number of rotatable bonds is 4. The maximum absolute atomic E-state index is 5.16. The Hall–Kier alpha value is -1.33. The summed E-state index contributed by atoms with van der Waals surface area (Å²) in [6, 6.07) is 4.05. The van der Waals surface area contributed by atoms with Gasteiger partial charge in [-0.3, -0.25) is 0 Å². The molecular weight excluding hydrogens is 246 g/mol. The van der Waals surface area contributed by atoms with Crippen molar-refractivity contribution in [3.05, 3.63) is 36.4 Å². The molecule has 0 unspecified atom stereocenters.